The van der Waals surface area contributed by atoms with Gasteiger partial charge in [0.15, 0.2) is 0 Å². The Balaban J connectivity index is 0. The molecule has 1 heterocycles. The largest absolute Gasteiger partial charge is 1.00 e. The molecule has 0 radical (unpaired) electrons. The van der Waals surface area contributed by atoms with Crippen molar-refractivity contribution in [3.8, 4) is 11.8 Å². The van der Waals surface area contributed by atoms with E-state index in [0.29, 0.717) is 6.04 Å². The van der Waals surface area contributed by atoms with E-state index in [1.807, 2.05) is 37.3 Å². The topological polar surface area (TPSA) is 13.7 Å². The van der Waals surface area contributed by atoms with Crippen LogP contribution in [0, 0.1) is 11.8 Å². The second kappa shape index (κ2) is 17.2. The fraction of sp³-hybridized carbons (Fsp3) is 0.400. The van der Waals surface area contributed by atoms with Crippen LogP contribution in [0.3, 0.4) is 0 Å². The maximum atomic E-state index is 4.94. The summed E-state index contributed by atoms with van der Waals surface area (Å²) in [6.45, 7) is 3.89. The van der Waals surface area contributed by atoms with Crippen LogP contribution in [0.1, 0.15) is 31.4 Å². The molecule has 0 saturated carbocycles. The van der Waals surface area contributed by atoms with E-state index in [1.54, 1.807) is 0 Å². The van der Waals surface area contributed by atoms with Crippen LogP contribution >= 0.6 is 0 Å². The molecule has 1 saturated heterocycles. The molecule has 0 aliphatic carbocycles. The van der Waals surface area contributed by atoms with Crippen molar-refractivity contribution in [1.82, 2.24) is 0 Å². The standard InChI is InChI=1S/C11H14N.C5H5.C4H8O.2Li/c1-4-7-11(12(2)3)10-8-5-6-9-10;2*1-2-4-5-3-1;;/h5-6,8-9,11H,1-3H3;1-5H;1-4H2;;/q-5;-1;;2*+1/p+1. The Morgan fingerprint density at radius 1 is 1.04 bits per heavy atom. The minimum Gasteiger partial charge on any atom is -0.747 e. The molecule has 1 fully saturated rings. The van der Waals surface area contributed by atoms with E-state index < -0.39 is 0 Å². The van der Waals surface area contributed by atoms with Gasteiger partial charge in [-0.25, -0.2) is 12.1 Å². The molecule has 3 rings (SSSR count). The predicted molar refractivity (Wildman–Crippen MR) is 93.1 cm³/mol. The predicted octanol–water partition coefficient (Wildman–Crippen LogP) is -3.18. The second-order valence-corrected chi connectivity index (χ2v) is 5.40. The summed E-state index contributed by atoms with van der Waals surface area (Å²) in [6.07, 6.45) is 2.56. The monoisotopic (exact) mass is 312 g/mol. The third-order valence-electron chi connectivity index (χ3n) is 3.27. The molecule has 1 atom stereocenters. The van der Waals surface area contributed by atoms with Crippen molar-refractivity contribution in [1.29, 1.82) is 0 Å². The van der Waals surface area contributed by atoms with Gasteiger partial charge in [0.25, 0.3) is 0 Å². The summed E-state index contributed by atoms with van der Waals surface area (Å²) in [7, 11) is 4.25. The molecule has 1 N–H and O–H groups in total. The fourth-order valence-electron chi connectivity index (χ4n) is 2.12. The summed E-state index contributed by atoms with van der Waals surface area (Å²) in [5.74, 6) is 6.16. The van der Waals surface area contributed by atoms with Crippen molar-refractivity contribution >= 4 is 0 Å². The number of ether oxygens (including phenoxy) is 1. The Kier molecular flexibility index (Phi) is 18.4. The van der Waals surface area contributed by atoms with Gasteiger partial charge in [-0.05, 0) is 25.8 Å². The molecule has 1 aliphatic heterocycles. The van der Waals surface area contributed by atoms with Crippen LogP contribution in [0.4, 0.5) is 0 Å². The average molecular weight is 312 g/mol. The molecule has 0 aromatic heterocycles. The number of quaternary nitrogens is 1. The maximum Gasteiger partial charge on any atom is 1.00 e. The Bertz CT molecular complexity index is 481. The molecule has 0 bridgehead atoms. The first-order valence-corrected chi connectivity index (χ1v) is 7.94. The summed E-state index contributed by atoms with van der Waals surface area (Å²) in [5.41, 5.74) is 1.31. The summed E-state index contributed by atoms with van der Waals surface area (Å²) < 4.78 is 4.94. The van der Waals surface area contributed by atoms with Gasteiger partial charge in [0, 0.05) is 13.2 Å². The van der Waals surface area contributed by atoms with Crippen LogP contribution in [-0.4, -0.2) is 27.3 Å². The zero-order valence-corrected chi connectivity index (χ0v) is 16.0. The minimum atomic E-state index is 0. The van der Waals surface area contributed by atoms with Crippen LogP contribution in [0.25, 0.3) is 0 Å². The van der Waals surface area contributed by atoms with E-state index in [9.17, 15) is 0 Å². The Hall–Kier alpha value is -0.625. The second-order valence-electron chi connectivity index (χ2n) is 5.40. The molecule has 1 unspecified atom stereocenters. The van der Waals surface area contributed by atoms with Crippen LogP contribution in [0.2, 0.25) is 0 Å². The molecule has 124 valence electrons. The van der Waals surface area contributed by atoms with E-state index in [-0.39, 0.29) is 37.7 Å². The Morgan fingerprint density at radius 3 is 1.88 bits per heavy atom. The third kappa shape index (κ3) is 11.8. The first-order valence-electron chi connectivity index (χ1n) is 7.94. The van der Waals surface area contributed by atoms with Gasteiger partial charge in [-0.15, -0.1) is 5.92 Å². The van der Waals surface area contributed by atoms with Crippen LogP contribution in [0.5, 0.6) is 0 Å². The van der Waals surface area contributed by atoms with Crippen LogP contribution in [0.15, 0.2) is 54.6 Å². The third-order valence-corrected chi connectivity index (χ3v) is 3.27. The minimum absolute atomic E-state index is 0. The van der Waals surface area contributed by atoms with Crippen molar-refractivity contribution < 1.29 is 47.4 Å². The van der Waals surface area contributed by atoms with Crippen molar-refractivity contribution in [2.45, 2.75) is 25.8 Å². The first kappa shape index (κ1) is 25.6. The average Bonchev–Trinajstić information content (AvgIpc) is 3.32. The molecule has 4 heteroatoms. The summed E-state index contributed by atoms with van der Waals surface area (Å²) in [6, 6.07) is 18.7. The van der Waals surface area contributed by atoms with Gasteiger partial charge in [0.05, 0.1) is 14.1 Å². The molecule has 24 heavy (non-hydrogen) atoms. The van der Waals surface area contributed by atoms with E-state index in [0.717, 1.165) is 13.2 Å². The fourth-order valence-corrected chi connectivity index (χ4v) is 2.12. The van der Waals surface area contributed by atoms with Crippen molar-refractivity contribution in [2.75, 3.05) is 27.3 Å². The molecule has 0 spiro atoms. The van der Waals surface area contributed by atoms with Gasteiger partial charge in [0.2, 0.25) is 0 Å². The van der Waals surface area contributed by atoms with Crippen molar-refractivity contribution in [3.05, 3.63) is 60.2 Å². The summed E-state index contributed by atoms with van der Waals surface area (Å²) in [4.78, 5) is 1.36. The summed E-state index contributed by atoms with van der Waals surface area (Å²) in [5, 5.41) is 0. The van der Waals surface area contributed by atoms with E-state index in [1.165, 1.54) is 23.3 Å². The van der Waals surface area contributed by atoms with Gasteiger partial charge >= 0.3 is 37.7 Å². The molecule has 1 aliphatic rings. The van der Waals surface area contributed by atoms with Crippen molar-refractivity contribution in [2.24, 2.45) is 0 Å². The van der Waals surface area contributed by atoms with Gasteiger partial charge in [-0.2, -0.15) is 18.2 Å². The zero-order valence-electron chi connectivity index (χ0n) is 16.0. The Morgan fingerprint density at radius 2 is 1.58 bits per heavy atom. The van der Waals surface area contributed by atoms with E-state index >= 15 is 0 Å². The molecule has 2 aromatic carbocycles. The quantitative estimate of drug-likeness (QED) is 0.351. The molecular weight excluding hydrogens is 284 g/mol. The molecular formula is C20H28Li2NO-3. The van der Waals surface area contributed by atoms with Gasteiger partial charge in [-0.1, -0.05) is 5.92 Å². The number of hydrogen-bond acceptors (Lipinski definition) is 1. The molecule has 2 nitrogen and oxygen atoms in total. The SMILES string of the molecule is C1CCOC1.CC#CC([c-]1[cH-][cH-][cH-][cH-]1)[NH+](C)C.[Li+].[Li+].c1cc[cH-]c1. The van der Waals surface area contributed by atoms with Gasteiger partial charge in [0.1, 0.15) is 0 Å². The van der Waals surface area contributed by atoms with Gasteiger partial charge in [-0.3, -0.25) is 0 Å². The number of hydrogen-bond donors (Lipinski definition) is 1. The number of nitrogens with one attached hydrogen (secondary N) is 1. The Labute approximate surface area is 172 Å². The zero-order chi connectivity index (χ0) is 16.0. The van der Waals surface area contributed by atoms with Crippen molar-refractivity contribution in [3.63, 3.8) is 0 Å². The normalized spacial score (nSPS) is 12.8. The summed E-state index contributed by atoms with van der Waals surface area (Å²) >= 11 is 0. The van der Waals surface area contributed by atoms with E-state index in [4.69, 9.17) is 4.74 Å². The van der Waals surface area contributed by atoms with Crippen LogP contribution in [-0.2, 0) is 4.74 Å². The number of rotatable bonds is 2. The van der Waals surface area contributed by atoms with Crippen LogP contribution < -0.4 is 42.6 Å². The maximum absolute atomic E-state index is 4.94. The van der Waals surface area contributed by atoms with E-state index in [2.05, 4.69) is 50.2 Å². The molecule has 2 aromatic rings. The first-order chi connectivity index (χ1) is 10.8. The van der Waals surface area contributed by atoms with Gasteiger partial charge < -0.3 is 39.5 Å². The molecule has 0 amide bonds. The smallest absolute Gasteiger partial charge is 0.747 e.